The van der Waals surface area contributed by atoms with Crippen molar-refractivity contribution in [2.24, 2.45) is 0 Å². The van der Waals surface area contributed by atoms with Crippen LogP contribution in [0.15, 0.2) is 30.3 Å². The molecule has 0 fully saturated rings. The van der Waals surface area contributed by atoms with Gasteiger partial charge in [-0.1, -0.05) is 30.3 Å². The minimum Gasteiger partial charge on any atom is -0.479 e. The number of aliphatic carboxylic acids is 1. The summed E-state index contributed by atoms with van der Waals surface area (Å²) in [4.78, 5) is 10.8. The molecule has 0 aliphatic heterocycles. The van der Waals surface area contributed by atoms with Crippen molar-refractivity contribution in [2.45, 2.75) is 6.10 Å². The van der Waals surface area contributed by atoms with E-state index < -0.39 is 12.1 Å². The highest BCUT2D eigenvalue weighted by atomic mass is 16.7. The molecule has 1 aromatic carbocycles. The van der Waals surface area contributed by atoms with Gasteiger partial charge in [0.1, 0.15) is 6.79 Å². The van der Waals surface area contributed by atoms with Crippen LogP contribution in [0, 0.1) is 0 Å². The van der Waals surface area contributed by atoms with Crippen LogP contribution >= 0.6 is 0 Å². The third-order valence-corrected chi connectivity index (χ3v) is 1.68. The van der Waals surface area contributed by atoms with Gasteiger partial charge < -0.3 is 14.6 Å². The van der Waals surface area contributed by atoms with Gasteiger partial charge in [0.2, 0.25) is 0 Å². The third-order valence-electron chi connectivity index (χ3n) is 1.68. The molecule has 1 N–H and O–H groups in total. The molecule has 0 saturated carbocycles. The van der Waals surface area contributed by atoms with E-state index in [0.29, 0.717) is 5.56 Å². The van der Waals surface area contributed by atoms with E-state index in [-0.39, 0.29) is 6.79 Å². The monoisotopic (exact) mass is 196 g/mol. The Kier molecular flexibility index (Phi) is 4.10. The van der Waals surface area contributed by atoms with E-state index >= 15 is 0 Å². The van der Waals surface area contributed by atoms with Crippen LogP contribution in [-0.4, -0.2) is 25.0 Å². The van der Waals surface area contributed by atoms with Gasteiger partial charge in [0.15, 0.2) is 6.10 Å². The lowest BCUT2D eigenvalue weighted by Crippen LogP contribution is -2.16. The molecule has 1 rings (SSSR count). The summed E-state index contributed by atoms with van der Waals surface area (Å²) in [6.07, 6.45) is -0.962. The zero-order valence-electron chi connectivity index (χ0n) is 7.84. The summed E-state index contributed by atoms with van der Waals surface area (Å²) in [6, 6.07) is 8.75. The lowest BCUT2D eigenvalue weighted by molar-refractivity contribution is -0.159. The molecule has 1 unspecified atom stereocenters. The van der Waals surface area contributed by atoms with Crippen LogP contribution < -0.4 is 0 Å². The Bertz CT molecular complexity index is 283. The van der Waals surface area contributed by atoms with Crippen molar-refractivity contribution in [3.63, 3.8) is 0 Å². The number of rotatable bonds is 5. The van der Waals surface area contributed by atoms with Crippen LogP contribution in [0.5, 0.6) is 0 Å². The summed E-state index contributed by atoms with van der Waals surface area (Å²) < 4.78 is 9.68. The van der Waals surface area contributed by atoms with E-state index in [9.17, 15) is 4.79 Å². The molecule has 1 aromatic rings. The summed E-state index contributed by atoms with van der Waals surface area (Å²) >= 11 is 0. The molecule has 0 heterocycles. The first-order valence-corrected chi connectivity index (χ1v) is 4.14. The van der Waals surface area contributed by atoms with E-state index in [4.69, 9.17) is 9.84 Å². The minimum atomic E-state index is -1.02. The molecule has 0 aliphatic rings. The van der Waals surface area contributed by atoms with Crippen molar-refractivity contribution in [3.05, 3.63) is 35.9 Å². The summed E-state index contributed by atoms with van der Waals surface area (Å²) in [6.45, 7) is -0.0359. The van der Waals surface area contributed by atoms with E-state index in [2.05, 4.69) is 4.74 Å². The topological polar surface area (TPSA) is 55.8 Å². The van der Waals surface area contributed by atoms with Crippen LogP contribution in [0.1, 0.15) is 11.7 Å². The second-order valence-electron chi connectivity index (χ2n) is 2.70. The van der Waals surface area contributed by atoms with Crippen molar-refractivity contribution >= 4 is 5.97 Å². The molecular formula is C10H12O4. The Labute approximate surface area is 82.1 Å². The fourth-order valence-electron chi connectivity index (χ4n) is 1.07. The second kappa shape index (κ2) is 5.36. The molecule has 0 aliphatic carbocycles. The first-order valence-electron chi connectivity index (χ1n) is 4.14. The molecule has 0 radical (unpaired) electrons. The van der Waals surface area contributed by atoms with Gasteiger partial charge in [-0.25, -0.2) is 4.79 Å². The molecule has 4 heteroatoms. The number of hydrogen-bond donors (Lipinski definition) is 1. The number of benzene rings is 1. The highest BCUT2D eigenvalue weighted by molar-refractivity contribution is 5.74. The summed E-state index contributed by atoms with van der Waals surface area (Å²) in [5.41, 5.74) is 0.608. The summed E-state index contributed by atoms with van der Waals surface area (Å²) in [7, 11) is 1.45. The average molecular weight is 196 g/mol. The van der Waals surface area contributed by atoms with E-state index in [1.54, 1.807) is 24.3 Å². The molecule has 4 nitrogen and oxygen atoms in total. The Morgan fingerprint density at radius 1 is 1.43 bits per heavy atom. The van der Waals surface area contributed by atoms with Crippen LogP contribution in [0.4, 0.5) is 0 Å². The number of ether oxygens (including phenoxy) is 2. The normalized spacial score (nSPS) is 12.4. The first-order chi connectivity index (χ1) is 6.75. The maximum absolute atomic E-state index is 10.8. The maximum Gasteiger partial charge on any atom is 0.337 e. The van der Waals surface area contributed by atoms with Gasteiger partial charge in [-0.2, -0.15) is 0 Å². The Morgan fingerprint density at radius 3 is 2.57 bits per heavy atom. The van der Waals surface area contributed by atoms with Gasteiger partial charge in [0.05, 0.1) is 0 Å². The zero-order valence-corrected chi connectivity index (χ0v) is 7.84. The smallest absolute Gasteiger partial charge is 0.337 e. The predicted octanol–water partition coefficient (Wildman–Crippen LogP) is 1.43. The second-order valence-corrected chi connectivity index (χ2v) is 2.70. The number of hydrogen-bond acceptors (Lipinski definition) is 3. The highest BCUT2D eigenvalue weighted by Crippen LogP contribution is 2.16. The predicted molar refractivity (Wildman–Crippen MR) is 49.8 cm³/mol. The molecular weight excluding hydrogens is 184 g/mol. The fourth-order valence-corrected chi connectivity index (χ4v) is 1.07. The molecule has 0 spiro atoms. The van der Waals surface area contributed by atoms with Gasteiger partial charge in [-0.05, 0) is 5.56 Å². The lowest BCUT2D eigenvalue weighted by Gasteiger charge is -2.12. The van der Waals surface area contributed by atoms with Gasteiger partial charge in [-0.3, -0.25) is 0 Å². The van der Waals surface area contributed by atoms with Gasteiger partial charge in [-0.15, -0.1) is 0 Å². The van der Waals surface area contributed by atoms with Gasteiger partial charge >= 0.3 is 5.97 Å². The molecule has 76 valence electrons. The molecule has 14 heavy (non-hydrogen) atoms. The van der Waals surface area contributed by atoms with Gasteiger partial charge in [0, 0.05) is 7.11 Å². The van der Waals surface area contributed by atoms with E-state index in [1.165, 1.54) is 7.11 Å². The van der Waals surface area contributed by atoms with Crippen LogP contribution in [0.25, 0.3) is 0 Å². The number of carbonyl (C=O) groups is 1. The zero-order chi connectivity index (χ0) is 10.4. The van der Waals surface area contributed by atoms with Crippen LogP contribution in [-0.2, 0) is 14.3 Å². The average Bonchev–Trinajstić information content (AvgIpc) is 2.19. The quantitative estimate of drug-likeness (QED) is 0.724. The third kappa shape index (κ3) is 2.83. The Balaban J connectivity index is 2.73. The molecule has 0 saturated heterocycles. The SMILES string of the molecule is COCOC(C(=O)O)c1ccccc1. The van der Waals surface area contributed by atoms with E-state index in [0.717, 1.165) is 0 Å². The van der Waals surface area contributed by atoms with Crippen molar-refractivity contribution in [1.82, 2.24) is 0 Å². The molecule has 0 aromatic heterocycles. The van der Waals surface area contributed by atoms with Crippen molar-refractivity contribution < 1.29 is 19.4 Å². The molecule has 0 bridgehead atoms. The standard InChI is InChI=1S/C10H12O4/c1-13-7-14-9(10(11)12)8-5-3-2-4-6-8/h2-6,9H,7H2,1H3,(H,11,12). The first kappa shape index (κ1) is 10.7. The summed E-state index contributed by atoms with van der Waals surface area (Å²) in [5, 5.41) is 8.87. The largest absolute Gasteiger partial charge is 0.479 e. The van der Waals surface area contributed by atoms with Crippen LogP contribution in [0.2, 0.25) is 0 Å². The number of carboxylic acid groups (broad SMARTS) is 1. The highest BCUT2D eigenvalue weighted by Gasteiger charge is 2.19. The van der Waals surface area contributed by atoms with Crippen LogP contribution in [0.3, 0.4) is 0 Å². The van der Waals surface area contributed by atoms with E-state index in [1.807, 2.05) is 6.07 Å². The lowest BCUT2D eigenvalue weighted by atomic mass is 10.1. The van der Waals surface area contributed by atoms with Gasteiger partial charge in [0.25, 0.3) is 0 Å². The Morgan fingerprint density at radius 2 is 2.07 bits per heavy atom. The molecule has 0 amide bonds. The maximum atomic E-state index is 10.8. The number of methoxy groups -OCH3 is 1. The molecule has 1 atom stereocenters. The van der Waals surface area contributed by atoms with Crippen molar-refractivity contribution in [3.8, 4) is 0 Å². The van der Waals surface area contributed by atoms with Crippen molar-refractivity contribution in [1.29, 1.82) is 0 Å². The fraction of sp³-hybridized carbons (Fsp3) is 0.300. The van der Waals surface area contributed by atoms with Crippen molar-refractivity contribution in [2.75, 3.05) is 13.9 Å². The minimum absolute atomic E-state index is 0.0359. The number of carboxylic acids is 1. The summed E-state index contributed by atoms with van der Waals surface area (Å²) in [5.74, 6) is -1.02. The Hall–Kier alpha value is -1.39.